The van der Waals surface area contributed by atoms with E-state index in [0.29, 0.717) is 17.7 Å². The summed E-state index contributed by atoms with van der Waals surface area (Å²) in [5, 5.41) is 11.7. The van der Waals surface area contributed by atoms with Gasteiger partial charge < -0.3 is 15.2 Å². The Hall–Kier alpha value is -1.56. The molecule has 1 rings (SSSR count). The SMILES string of the molecule is COc1cc(Br)ccc1C(=O)N[C@@H](CC(C)C)C(=O)O. The first-order chi connectivity index (χ1) is 9.35. The van der Waals surface area contributed by atoms with Crippen LogP contribution in [0.2, 0.25) is 0 Å². The Morgan fingerprint density at radius 2 is 2.05 bits per heavy atom. The van der Waals surface area contributed by atoms with Crippen LogP contribution < -0.4 is 10.1 Å². The highest BCUT2D eigenvalue weighted by atomic mass is 79.9. The number of benzene rings is 1. The number of aliphatic carboxylic acids is 1. The third kappa shape index (κ3) is 4.52. The fourth-order valence-electron chi connectivity index (χ4n) is 1.78. The van der Waals surface area contributed by atoms with E-state index in [2.05, 4.69) is 21.2 Å². The minimum Gasteiger partial charge on any atom is -0.496 e. The lowest BCUT2D eigenvalue weighted by atomic mass is 10.0. The lowest BCUT2D eigenvalue weighted by Crippen LogP contribution is -2.41. The molecule has 0 fully saturated rings. The molecule has 110 valence electrons. The van der Waals surface area contributed by atoms with E-state index in [9.17, 15) is 9.59 Å². The van der Waals surface area contributed by atoms with Gasteiger partial charge in [-0.3, -0.25) is 4.79 Å². The largest absolute Gasteiger partial charge is 0.496 e. The number of carbonyl (C=O) groups is 2. The molecule has 0 aliphatic rings. The number of carboxylic acids is 1. The lowest BCUT2D eigenvalue weighted by molar-refractivity contribution is -0.139. The maximum Gasteiger partial charge on any atom is 0.326 e. The fraction of sp³-hybridized carbons (Fsp3) is 0.429. The Balaban J connectivity index is 2.91. The molecule has 0 aliphatic heterocycles. The zero-order chi connectivity index (χ0) is 15.3. The highest BCUT2D eigenvalue weighted by molar-refractivity contribution is 9.10. The van der Waals surface area contributed by atoms with Gasteiger partial charge in [-0.2, -0.15) is 0 Å². The molecule has 6 heteroatoms. The average molecular weight is 344 g/mol. The van der Waals surface area contributed by atoms with E-state index < -0.39 is 17.9 Å². The van der Waals surface area contributed by atoms with Crippen LogP contribution in [-0.4, -0.2) is 30.1 Å². The van der Waals surface area contributed by atoms with Gasteiger partial charge in [-0.1, -0.05) is 29.8 Å². The highest BCUT2D eigenvalue weighted by Crippen LogP contribution is 2.23. The molecule has 0 spiro atoms. The Labute approximate surface area is 126 Å². The van der Waals surface area contributed by atoms with Gasteiger partial charge >= 0.3 is 5.97 Å². The Morgan fingerprint density at radius 3 is 2.55 bits per heavy atom. The van der Waals surface area contributed by atoms with Crippen LogP contribution in [0.4, 0.5) is 0 Å². The third-order valence-electron chi connectivity index (χ3n) is 2.72. The van der Waals surface area contributed by atoms with Crippen molar-refractivity contribution in [3.63, 3.8) is 0 Å². The van der Waals surface area contributed by atoms with E-state index in [1.807, 2.05) is 13.8 Å². The minimum atomic E-state index is -1.04. The van der Waals surface area contributed by atoms with Crippen LogP contribution in [0, 0.1) is 5.92 Å². The lowest BCUT2D eigenvalue weighted by Gasteiger charge is -2.17. The molecule has 5 nitrogen and oxygen atoms in total. The second-order valence-electron chi connectivity index (χ2n) is 4.84. The number of carbonyl (C=O) groups excluding carboxylic acids is 1. The Morgan fingerprint density at radius 1 is 1.40 bits per heavy atom. The number of methoxy groups -OCH3 is 1. The maximum absolute atomic E-state index is 12.2. The van der Waals surface area contributed by atoms with E-state index in [1.54, 1.807) is 18.2 Å². The standard InChI is InChI=1S/C14H18BrNO4/c1-8(2)6-11(14(18)19)16-13(17)10-5-4-9(15)7-12(10)20-3/h4-5,7-8,11H,6H2,1-3H3,(H,16,17)(H,18,19)/t11-/m0/s1. The van der Waals surface area contributed by atoms with Crippen molar-refractivity contribution < 1.29 is 19.4 Å². The van der Waals surface area contributed by atoms with Crippen molar-refractivity contribution in [2.45, 2.75) is 26.3 Å². The molecule has 1 atom stereocenters. The molecule has 0 aliphatic carbocycles. The predicted molar refractivity (Wildman–Crippen MR) is 79.0 cm³/mol. The van der Waals surface area contributed by atoms with Crippen LogP contribution in [0.1, 0.15) is 30.6 Å². The number of halogens is 1. The summed E-state index contributed by atoms with van der Waals surface area (Å²) in [6, 6.07) is 4.05. The van der Waals surface area contributed by atoms with E-state index in [-0.39, 0.29) is 5.92 Å². The molecule has 0 heterocycles. The van der Waals surface area contributed by atoms with E-state index in [0.717, 1.165) is 4.47 Å². The summed E-state index contributed by atoms with van der Waals surface area (Å²) in [7, 11) is 1.46. The zero-order valence-corrected chi connectivity index (χ0v) is 13.2. The van der Waals surface area contributed by atoms with Crippen molar-refractivity contribution >= 4 is 27.8 Å². The number of rotatable bonds is 6. The number of nitrogens with one attached hydrogen (secondary N) is 1. The Bertz CT molecular complexity index is 502. The first-order valence-corrected chi connectivity index (χ1v) is 7.01. The molecular formula is C14H18BrNO4. The van der Waals surface area contributed by atoms with Crippen LogP contribution in [0.25, 0.3) is 0 Å². The molecule has 0 saturated heterocycles. The summed E-state index contributed by atoms with van der Waals surface area (Å²) >= 11 is 3.29. The van der Waals surface area contributed by atoms with E-state index in [4.69, 9.17) is 9.84 Å². The number of hydrogen-bond donors (Lipinski definition) is 2. The predicted octanol–water partition coefficient (Wildman–Crippen LogP) is 2.69. The molecule has 0 aromatic heterocycles. The third-order valence-corrected chi connectivity index (χ3v) is 3.21. The maximum atomic E-state index is 12.2. The van der Waals surface area contributed by atoms with Crippen LogP contribution >= 0.6 is 15.9 Å². The quantitative estimate of drug-likeness (QED) is 0.832. The molecule has 0 unspecified atom stereocenters. The summed E-state index contributed by atoms with van der Waals surface area (Å²) in [6.45, 7) is 3.81. The second-order valence-corrected chi connectivity index (χ2v) is 5.75. The number of carboxylic acid groups (broad SMARTS) is 1. The summed E-state index contributed by atoms with van der Waals surface area (Å²) < 4.78 is 5.91. The van der Waals surface area contributed by atoms with E-state index in [1.165, 1.54) is 7.11 Å². The molecular weight excluding hydrogens is 326 g/mol. The van der Waals surface area contributed by atoms with Gasteiger partial charge in [-0.25, -0.2) is 4.79 Å². The van der Waals surface area contributed by atoms with Gasteiger partial charge in [0.05, 0.1) is 12.7 Å². The van der Waals surface area contributed by atoms with Crippen molar-refractivity contribution in [2.24, 2.45) is 5.92 Å². The summed E-state index contributed by atoms with van der Waals surface area (Å²) in [4.78, 5) is 23.3. The molecule has 20 heavy (non-hydrogen) atoms. The zero-order valence-electron chi connectivity index (χ0n) is 11.6. The van der Waals surface area contributed by atoms with Gasteiger partial charge in [0.25, 0.3) is 5.91 Å². The molecule has 1 aromatic carbocycles. The van der Waals surface area contributed by atoms with Gasteiger partial charge in [0.2, 0.25) is 0 Å². The first-order valence-electron chi connectivity index (χ1n) is 6.22. The van der Waals surface area contributed by atoms with Crippen LogP contribution in [0.5, 0.6) is 5.75 Å². The monoisotopic (exact) mass is 343 g/mol. The molecule has 0 radical (unpaired) electrons. The fourth-order valence-corrected chi connectivity index (χ4v) is 2.12. The second kappa shape index (κ2) is 7.28. The van der Waals surface area contributed by atoms with Gasteiger partial charge in [0.1, 0.15) is 11.8 Å². The van der Waals surface area contributed by atoms with Crippen molar-refractivity contribution in [2.75, 3.05) is 7.11 Å². The summed E-state index contributed by atoms with van der Waals surface area (Å²) in [5.41, 5.74) is 0.311. The molecule has 2 N–H and O–H groups in total. The van der Waals surface area contributed by atoms with Crippen LogP contribution in [0.15, 0.2) is 22.7 Å². The topological polar surface area (TPSA) is 75.6 Å². The number of hydrogen-bond acceptors (Lipinski definition) is 3. The first kappa shape index (κ1) is 16.5. The van der Waals surface area contributed by atoms with Crippen molar-refractivity contribution in [3.05, 3.63) is 28.2 Å². The van der Waals surface area contributed by atoms with Crippen LogP contribution in [-0.2, 0) is 4.79 Å². The highest BCUT2D eigenvalue weighted by Gasteiger charge is 2.23. The van der Waals surface area contributed by atoms with Crippen molar-refractivity contribution in [3.8, 4) is 5.75 Å². The number of amides is 1. The van der Waals surface area contributed by atoms with Gasteiger partial charge in [-0.05, 0) is 30.5 Å². The molecule has 0 bridgehead atoms. The van der Waals surface area contributed by atoms with Crippen molar-refractivity contribution in [1.29, 1.82) is 0 Å². The molecule has 0 saturated carbocycles. The molecule has 1 amide bonds. The number of ether oxygens (including phenoxy) is 1. The van der Waals surface area contributed by atoms with Crippen molar-refractivity contribution in [1.82, 2.24) is 5.32 Å². The van der Waals surface area contributed by atoms with Gasteiger partial charge in [-0.15, -0.1) is 0 Å². The normalized spacial score (nSPS) is 12.1. The van der Waals surface area contributed by atoms with Gasteiger partial charge in [0, 0.05) is 4.47 Å². The average Bonchev–Trinajstić information content (AvgIpc) is 2.36. The smallest absolute Gasteiger partial charge is 0.326 e. The van der Waals surface area contributed by atoms with Crippen LogP contribution in [0.3, 0.4) is 0 Å². The summed E-state index contributed by atoms with van der Waals surface area (Å²) in [6.07, 6.45) is 0.375. The van der Waals surface area contributed by atoms with E-state index >= 15 is 0 Å². The Kier molecular flexibility index (Phi) is 6.01. The summed E-state index contributed by atoms with van der Waals surface area (Å²) in [5.74, 6) is -0.931. The van der Waals surface area contributed by atoms with Gasteiger partial charge in [0.15, 0.2) is 0 Å². The minimum absolute atomic E-state index is 0.170. The molecule has 1 aromatic rings.